The van der Waals surface area contributed by atoms with E-state index < -0.39 is 0 Å². The van der Waals surface area contributed by atoms with Crippen molar-refractivity contribution in [2.75, 3.05) is 0 Å². The van der Waals surface area contributed by atoms with Crippen molar-refractivity contribution in [3.63, 3.8) is 0 Å². The molecular formula is C16H29NO. The van der Waals surface area contributed by atoms with Crippen molar-refractivity contribution >= 4 is 5.91 Å². The molecule has 1 fully saturated rings. The zero-order valence-electron chi connectivity index (χ0n) is 13.1. The van der Waals surface area contributed by atoms with Gasteiger partial charge in [0.2, 0.25) is 5.91 Å². The maximum absolute atomic E-state index is 12.2. The lowest BCUT2D eigenvalue weighted by atomic mass is 9.68. The fraction of sp³-hybridized carbons (Fsp3) is 0.812. The van der Waals surface area contributed by atoms with Crippen LogP contribution in [0.15, 0.2) is 12.3 Å². The summed E-state index contributed by atoms with van der Waals surface area (Å²) >= 11 is 0. The topological polar surface area (TPSA) is 20.3 Å². The average Bonchev–Trinajstić information content (AvgIpc) is 2.46. The van der Waals surface area contributed by atoms with Gasteiger partial charge in [0.25, 0.3) is 0 Å². The van der Waals surface area contributed by atoms with Crippen LogP contribution in [0.2, 0.25) is 0 Å². The Morgan fingerprint density at radius 3 is 1.83 bits per heavy atom. The minimum Gasteiger partial charge on any atom is -0.313 e. The maximum Gasteiger partial charge on any atom is 0.227 e. The van der Waals surface area contributed by atoms with E-state index in [1.54, 1.807) is 0 Å². The van der Waals surface area contributed by atoms with Gasteiger partial charge in [0, 0.05) is 18.2 Å². The number of nitrogens with zero attached hydrogens (tertiary/aromatic N) is 1. The Hall–Kier alpha value is -0.790. The van der Waals surface area contributed by atoms with Gasteiger partial charge in [-0.2, -0.15) is 0 Å². The van der Waals surface area contributed by atoms with E-state index in [1.165, 1.54) is 0 Å². The molecule has 2 heteroatoms. The molecule has 18 heavy (non-hydrogen) atoms. The second-order valence-corrected chi connectivity index (χ2v) is 7.80. The Bertz CT molecular complexity index is 327. The van der Waals surface area contributed by atoms with Crippen molar-refractivity contribution in [3.8, 4) is 0 Å². The summed E-state index contributed by atoms with van der Waals surface area (Å²) in [6.07, 6.45) is 1.45. The molecule has 1 aliphatic rings. The summed E-state index contributed by atoms with van der Waals surface area (Å²) in [5.74, 6) is 0.673. The van der Waals surface area contributed by atoms with Crippen molar-refractivity contribution in [1.82, 2.24) is 4.90 Å². The Morgan fingerprint density at radius 2 is 1.56 bits per heavy atom. The zero-order chi connectivity index (χ0) is 14.3. The predicted molar refractivity (Wildman–Crippen MR) is 77.1 cm³/mol. The summed E-state index contributed by atoms with van der Waals surface area (Å²) in [4.78, 5) is 14.2. The second kappa shape index (κ2) is 4.71. The molecule has 2 unspecified atom stereocenters. The summed E-state index contributed by atoms with van der Waals surface area (Å²) < 4.78 is 0. The Morgan fingerprint density at radius 1 is 1.06 bits per heavy atom. The normalized spacial score (nSPS) is 21.4. The van der Waals surface area contributed by atoms with Crippen molar-refractivity contribution in [1.29, 1.82) is 0 Å². The van der Waals surface area contributed by atoms with Gasteiger partial charge in [0.15, 0.2) is 0 Å². The molecular weight excluding hydrogens is 222 g/mol. The number of rotatable bonds is 2. The fourth-order valence-corrected chi connectivity index (χ4v) is 2.85. The summed E-state index contributed by atoms with van der Waals surface area (Å²) in [6, 6.07) is 0.222. The van der Waals surface area contributed by atoms with Gasteiger partial charge in [-0.1, -0.05) is 55.0 Å². The Kier molecular flexibility index (Phi) is 4.00. The highest BCUT2D eigenvalue weighted by Gasteiger charge is 2.44. The first-order chi connectivity index (χ1) is 7.96. The van der Waals surface area contributed by atoms with Crippen LogP contribution in [-0.4, -0.2) is 16.8 Å². The molecule has 0 bridgehead atoms. The van der Waals surface area contributed by atoms with E-state index in [0.29, 0.717) is 12.3 Å². The van der Waals surface area contributed by atoms with E-state index >= 15 is 0 Å². The monoisotopic (exact) mass is 251 g/mol. The predicted octanol–water partition coefficient (Wildman–Crippen LogP) is 4.22. The van der Waals surface area contributed by atoms with Gasteiger partial charge in [0.05, 0.1) is 0 Å². The summed E-state index contributed by atoms with van der Waals surface area (Å²) in [5, 5.41) is 0. The molecule has 1 heterocycles. The van der Waals surface area contributed by atoms with Crippen LogP contribution < -0.4 is 0 Å². The molecule has 0 aromatic heterocycles. The van der Waals surface area contributed by atoms with Crippen molar-refractivity contribution in [2.45, 2.75) is 67.3 Å². The molecule has 0 aromatic rings. The van der Waals surface area contributed by atoms with Gasteiger partial charge in [-0.3, -0.25) is 4.79 Å². The first-order valence-corrected chi connectivity index (χ1v) is 6.96. The van der Waals surface area contributed by atoms with Crippen LogP contribution in [0.5, 0.6) is 0 Å². The van der Waals surface area contributed by atoms with Crippen LogP contribution in [0.25, 0.3) is 0 Å². The minimum atomic E-state index is 0.0651. The first kappa shape index (κ1) is 15.3. The fourth-order valence-electron chi connectivity index (χ4n) is 2.85. The molecule has 0 saturated carbocycles. The number of carbonyl (C=O) groups is 1. The number of likely N-dealkylation sites (tertiary alicyclic amines) is 1. The van der Waals surface area contributed by atoms with E-state index in [9.17, 15) is 4.79 Å². The standard InChI is InChI=1S/C16H29NO/c1-11-9-10-13(18)17(11)14(16(6,7)8)12(2)15(3,4)5/h12,14H,1,9-10H2,2-8H3. The van der Waals surface area contributed by atoms with Crippen molar-refractivity contribution in [3.05, 3.63) is 12.3 Å². The van der Waals surface area contributed by atoms with Crippen LogP contribution in [0, 0.1) is 16.7 Å². The van der Waals surface area contributed by atoms with Gasteiger partial charge < -0.3 is 4.90 Å². The molecule has 1 rings (SSSR count). The quantitative estimate of drug-likeness (QED) is 0.719. The maximum atomic E-state index is 12.2. The number of allylic oxidation sites excluding steroid dienone is 1. The summed E-state index contributed by atoms with van der Waals surface area (Å²) in [5.41, 5.74) is 1.24. The van der Waals surface area contributed by atoms with Crippen LogP contribution in [0.3, 0.4) is 0 Å². The molecule has 0 aromatic carbocycles. The first-order valence-electron chi connectivity index (χ1n) is 6.96. The largest absolute Gasteiger partial charge is 0.313 e. The number of carbonyl (C=O) groups excluding carboxylic acids is 1. The molecule has 0 radical (unpaired) electrons. The minimum absolute atomic E-state index is 0.0651. The van der Waals surface area contributed by atoms with Gasteiger partial charge in [0.1, 0.15) is 0 Å². The number of amides is 1. The number of hydrogen-bond donors (Lipinski definition) is 0. The third kappa shape index (κ3) is 2.96. The van der Waals surface area contributed by atoms with Crippen LogP contribution >= 0.6 is 0 Å². The molecule has 1 aliphatic heterocycles. The van der Waals surface area contributed by atoms with Crippen molar-refractivity contribution in [2.24, 2.45) is 16.7 Å². The van der Waals surface area contributed by atoms with E-state index in [-0.39, 0.29) is 22.8 Å². The third-order valence-electron chi connectivity index (χ3n) is 4.24. The van der Waals surface area contributed by atoms with Crippen molar-refractivity contribution < 1.29 is 4.79 Å². The van der Waals surface area contributed by atoms with Gasteiger partial charge in [-0.15, -0.1) is 0 Å². The zero-order valence-corrected chi connectivity index (χ0v) is 13.1. The lowest BCUT2D eigenvalue weighted by Crippen LogP contribution is -2.51. The molecule has 2 atom stereocenters. The second-order valence-electron chi connectivity index (χ2n) is 7.80. The van der Waals surface area contributed by atoms with Crippen LogP contribution in [0.1, 0.15) is 61.3 Å². The molecule has 104 valence electrons. The molecule has 0 spiro atoms. The van der Waals surface area contributed by atoms with Crippen LogP contribution in [0.4, 0.5) is 0 Å². The summed E-state index contributed by atoms with van der Waals surface area (Å²) in [6.45, 7) is 19.8. The lowest BCUT2D eigenvalue weighted by Gasteiger charge is -2.47. The Balaban J connectivity index is 3.15. The molecule has 0 aliphatic carbocycles. The molecule has 1 amide bonds. The van der Waals surface area contributed by atoms with Crippen LogP contribution in [-0.2, 0) is 4.79 Å². The van der Waals surface area contributed by atoms with Gasteiger partial charge >= 0.3 is 0 Å². The van der Waals surface area contributed by atoms with Gasteiger partial charge in [-0.05, 0) is 23.2 Å². The average molecular weight is 251 g/mol. The highest BCUT2D eigenvalue weighted by molar-refractivity contribution is 5.81. The third-order valence-corrected chi connectivity index (χ3v) is 4.24. The Labute approximate surface area is 112 Å². The smallest absolute Gasteiger partial charge is 0.227 e. The highest BCUT2D eigenvalue weighted by Crippen LogP contribution is 2.42. The highest BCUT2D eigenvalue weighted by atomic mass is 16.2. The molecule has 2 nitrogen and oxygen atoms in total. The molecule has 0 N–H and O–H groups in total. The lowest BCUT2D eigenvalue weighted by molar-refractivity contribution is -0.132. The van der Waals surface area contributed by atoms with E-state index in [0.717, 1.165) is 12.1 Å². The number of hydrogen-bond acceptors (Lipinski definition) is 1. The van der Waals surface area contributed by atoms with E-state index in [1.807, 2.05) is 4.90 Å². The summed E-state index contributed by atoms with van der Waals surface area (Å²) in [7, 11) is 0. The van der Waals surface area contributed by atoms with E-state index in [4.69, 9.17) is 0 Å². The van der Waals surface area contributed by atoms with Gasteiger partial charge in [-0.25, -0.2) is 0 Å². The van der Waals surface area contributed by atoms with E-state index in [2.05, 4.69) is 55.0 Å². The molecule has 1 saturated heterocycles. The SMILES string of the molecule is C=C1CCC(=O)N1C(C(C)C(C)(C)C)C(C)(C)C.